The molecular weight excluding hydrogens is 1140 g/mol. The highest BCUT2D eigenvalue weighted by atomic mass is 19.4. The minimum absolute atomic E-state index is 0.148. The Kier molecular flexibility index (Phi) is 13.2. The molecule has 9 rings (SSSR count). The number of hydrogen-bond acceptors (Lipinski definition) is 2. The largest absolute Gasteiger partial charge is 0.416 e. The molecule has 3 aromatic heterocycles. The minimum atomic E-state index is -5.58. The van der Waals surface area contributed by atoms with E-state index in [2.05, 4.69) is 19.9 Å². The van der Waals surface area contributed by atoms with Gasteiger partial charge in [-0.25, -0.2) is 9.97 Å². The standard InChI is InChI=1S/C52H22F24N4/c53-45(54,55)25-9-21(10-26(17-25)46(56,57)58)41-33-1-2-34(77-33)42(22-11-27(47(59,60)61)18-28(12-22)48(62,63)64)36-5-6-38(79-36)44(24-15-31(51(71,72)73)20-32(16-24)52(74,75)76)40-8-7-39(80-40)43(37-4-3-35(41)78-37)23-13-29(49(65,66)67)19-30(14-23)50(68,69)70/h1-20,77,80H. The number of nitrogens with one attached hydrogen (secondary N) is 2. The first kappa shape index (κ1) is 56.5. The molecule has 4 aromatic carbocycles. The zero-order chi connectivity index (χ0) is 58.8. The molecule has 0 spiro atoms. The smallest absolute Gasteiger partial charge is 0.354 e. The predicted molar refractivity (Wildman–Crippen MR) is 241 cm³/mol. The van der Waals surface area contributed by atoms with Gasteiger partial charge < -0.3 is 9.97 Å². The lowest BCUT2D eigenvalue weighted by atomic mass is 9.97. The summed E-state index contributed by atoms with van der Waals surface area (Å²) in [6.45, 7) is 0. The third-order valence-electron chi connectivity index (χ3n) is 12.3. The van der Waals surface area contributed by atoms with Gasteiger partial charge in [0.15, 0.2) is 0 Å². The average Bonchev–Trinajstić information content (AvgIpc) is 4.17. The van der Waals surface area contributed by atoms with Crippen molar-refractivity contribution in [1.82, 2.24) is 19.9 Å². The molecule has 5 heterocycles. The van der Waals surface area contributed by atoms with Crippen molar-refractivity contribution in [1.29, 1.82) is 0 Å². The fourth-order valence-electron chi connectivity index (χ4n) is 8.82. The molecule has 0 saturated carbocycles. The van der Waals surface area contributed by atoms with E-state index in [1.807, 2.05) is 0 Å². The van der Waals surface area contributed by atoms with Gasteiger partial charge in [0.2, 0.25) is 0 Å². The zero-order valence-corrected chi connectivity index (χ0v) is 38.5. The van der Waals surface area contributed by atoms with Gasteiger partial charge in [-0.2, -0.15) is 105 Å². The number of nitrogens with zero attached hydrogens (tertiary/aromatic N) is 2. The zero-order valence-electron chi connectivity index (χ0n) is 38.5. The number of benzene rings is 4. The SMILES string of the molecule is FC(F)(F)c1cc(-c2c3nc(c(-c4cc(C(F)(F)F)cc(C(F)(F)F)c4)c4ccc([nH]4)c(-c4cc(C(F)(F)F)cc(C(F)(F)F)c4)c4nc(c(-c5cc(C(F)(F)F)cc(C(F)(F)F)c5)c5ccc2[nH]5)C=C4)C=C3)cc(C(F)(F)F)c1. The minimum Gasteiger partial charge on any atom is -0.354 e. The van der Waals surface area contributed by atoms with E-state index in [9.17, 15) is 105 Å². The van der Waals surface area contributed by atoms with Crippen molar-refractivity contribution in [3.8, 4) is 44.5 Å². The maximum atomic E-state index is 14.5. The molecule has 0 unspecified atom stereocenters. The number of fused-ring (bicyclic) bond motifs is 8. The van der Waals surface area contributed by atoms with Gasteiger partial charge in [0.05, 0.1) is 67.3 Å². The molecule has 28 heteroatoms. The first-order valence-electron chi connectivity index (χ1n) is 22.0. The lowest BCUT2D eigenvalue weighted by Gasteiger charge is -2.16. The Hall–Kier alpha value is -8.20. The van der Waals surface area contributed by atoms with Crippen LogP contribution in [-0.2, 0) is 49.4 Å². The lowest BCUT2D eigenvalue weighted by Crippen LogP contribution is -2.11. The highest BCUT2D eigenvalue weighted by Gasteiger charge is 2.42. The third kappa shape index (κ3) is 11.2. The quantitative estimate of drug-likeness (QED) is 0.173. The van der Waals surface area contributed by atoms with Crippen LogP contribution in [0, 0.1) is 0 Å². The van der Waals surface area contributed by atoms with E-state index >= 15 is 0 Å². The summed E-state index contributed by atoms with van der Waals surface area (Å²) >= 11 is 0. The fourth-order valence-corrected chi connectivity index (χ4v) is 8.82. The van der Waals surface area contributed by atoms with Crippen LogP contribution >= 0.6 is 0 Å². The summed E-state index contributed by atoms with van der Waals surface area (Å²) in [6, 6.07) is 3.20. The van der Waals surface area contributed by atoms with Gasteiger partial charge in [-0.15, -0.1) is 0 Å². The molecule has 8 bridgehead atoms. The molecule has 0 aliphatic carbocycles. The van der Waals surface area contributed by atoms with Crippen molar-refractivity contribution < 1.29 is 105 Å². The van der Waals surface area contributed by atoms with Crippen molar-refractivity contribution in [2.45, 2.75) is 49.4 Å². The maximum Gasteiger partial charge on any atom is 0.416 e. The molecule has 0 fully saturated rings. The van der Waals surface area contributed by atoms with E-state index in [1.54, 1.807) is 0 Å². The van der Waals surface area contributed by atoms with Crippen LogP contribution in [0.25, 0.3) is 90.9 Å². The monoisotopic (exact) mass is 1160 g/mol. The van der Waals surface area contributed by atoms with E-state index in [0.29, 0.717) is 0 Å². The molecule has 0 atom stereocenters. The number of halogens is 24. The number of aromatic nitrogens is 4. The van der Waals surface area contributed by atoms with Gasteiger partial charge in [-0.1, -0.05) is 0 Å². The molecule has 2 aliphatic rings. The Morgan fingerprint density at radius 2 is 0.375 bits per heavy atom. The molecule has 418 valence electrons. The first-order chi connectivity index (χ1) is 36.6. The molecular formula is C52H22F24N4. The number of alkyl halides is 24. The Morgan fingerprint density at radius 1 is 0.225 bits per heavy atom. The summed E-state index contributed by atoms with van der Waals surface area (Å²) in [7, 11) is 0. The summed E-state index contributed by atoms with van der Waals surface area (Å²) < 4.78 is 347. The average molecular weight is 1160 g/mol. The summed E-state index contributed by atoms with van der Waals surface area (Å²) in [4.78, 5) is 13.5. The van der Waals surface area contributed by atoms with E-state index in [1.165, 1.54) is 0 Å². The van der Waals surface area contributed by atoms with Gasteiger partial charge in [-0.05, 0) is 144 Å². The normalized spacial score (nSPS) is 13.9. The highest BCUT2D eigenvalue weighted by Crippen LogP contribution is 2.47. The predicted octanol–water partition coefficient (Wildman–Crippen LogP) is 19.5. The molecule has 0 radical (unpaired) electrons. The van der Waals surface area contributed by atoms with Crippen molar-refractivity contribution >= 4 is 46.4 Å². The number of rotatable bonds is 4. The van der Waals surface area contributed by atoms with E-state index < -0.39 is 183 Å². The Bertz CT molecular complexity index is 3260. The number of aromatic amines is 2. The van der Waals surface area contributed by atoms with Gasteiger partial charge in [0, 0.05) is 44.3 Å². The van der Waals surface area contributed by atoms with E-state index in [-0.39, 0.29) is 72.8 Å². The van der Waals surface area contributed by atoms with Crippen molar-refractivity contribution in [3.05, 3.63) is 164 Å². The number of hydrogen-bond donors (Lipinski definition) is 2. The van der Waals surface area contributed by atoms with Crippen molar-refractivity contribution in [3.63, 3.8) is 0 Å². The van der Waals surface area contributed by atoms with Gasteiger partial charge in [-0.3, -0.25) is 0 Å². The second-order valence-electron chi connectivity index (χ2n) is 17.7. The second kappa shape index (κ2) is 18.7. The maximum absolute atomic E-state index is 14.5. The first-order valence-corrected chi connectivity index (χ1v) is 22.0. The van der Waals surface area contributed by atoms with Crippen LogP contribution in [0.4, 0.5) is 105 Å². The highest BCUT2D eigenvalue weighted by molar-refractivity contribution is 6.00. The van der Waals surface area contributed by atoms with Crippen LogP contribution < -0.4 is 0 Å². The summed E-state index contributed by atoms with van der Waals surface area (Å²) in [5.74, 6) is 0. The number of H-pyrrole nitrogens is 2. The molecule has 2 N–H and O–H groups in total. The van der Waals surface area contributed by atoms with Gasteiger partial charge in [0.25, 0.3) is 0 Å². The van der Waals surface area contributed by atoms with Gasteiger partial charge >= 0.3 is 49.4 Å². The Balaban J connectivity index is 1.56. The summed E-state index contributed by atoms with van der Waals surface area (Å²) in [6.07, 6.45) is -41.5. The van der Waals surface area contributed by atoms with Crippen LogP contribution in [0.5, 0.6) is 0 Å². The molecule has 0 saturated heterocycles. The van der Waals surface area contributed by atoms with Crippen LogP contribution in [0.15, 0.2) is 97.1 Å². The fraction of sp³-hybridized carbons (Fsp3) is 0.154. The van der Waals surface area contributed by atoms with Crippen LogP contribution in [0.2, 0.25) is 0 Å². The third-order valence-corrected chi connectivity index (χ3v) is 12.3. The van der Waals surface area contributed by atoms with Crippen LogP contribution in [0.3, 0.4) is 0 Å². The van der Waals surface area contributed by atoms with Crippen LogP contribution in [-0.4, -0.2) is 19.9 Å². The van der Waals surface area contributed by atoms with E-state index in [4.69, 9.17) is 0 Å². The topological polar surface area (TPSA) is 57.4 Å². The van der Waals surface area contributed by atoms with Crippen LogP contribution in [0.1, 0.15) is 67.3 Å². The molecule has 0 amide bonds. The lowest BCUT2D eigenvalue weighted by molar-refractivity contribution is -0.144. The van der Waals surface area contributed by atoms with Crippen molar-refractivity contribution in [2.24, 2.45) is 0 Å². The van der Waals surface area contributed by atoms with E-state index in [0.717, 1.165) is 48.6 Å². The van der Waals surface area contributed by atoms with Gasteiger partial charge in [0.1, 0.15) is 0 Å². The summed E-state index contributed by atoms with van der Waals surface area (Å²) in [5, 5.41) is 0. The van der Waals surface area contributed by atoms with Crippen molar-refractivity contribution in [2.75, 3.05) is 0 Å². The Morgan fingerprint density at radius 3 is 0.512 bits per heavy atom. The second-order valence-corrected chi connectivity index (χ2v) is 17.7. The molecule has 4 nitrogen and oxygen atoms in total. The summed E-state index contributed by atoms with van der Waals surface area (Å²) in [5.41, 5.74) is -29.2. The molecule has 7 aromatic rings. The Labute approximate surface area is 429 Å². The molecule has 2 aliphatic heterocycles. The molecule has 80 heavy (non-hydrogen) atoms.